The molecule has 1 amide bonds. The van der Waals surface area contributed by atoms with Crippen LogP contribution in [0.1, 0.15) is 10.4 Å². The van der Waals surface area contributed by atoms with Crippen LogP contribution in [0.5, 0.6) is 5.75 Å². The van der Waals surface area contributed by atoms with E-state index in [4.69, 9.17) is 0 Å². The van der Waals surface area contributed by atoms with Gasteiger partial charge in [0.2, 0.25) is 5.82 Å². The highest BCUT2D eigenvalue weighted by Gasteiger charge is 2.28. The van der Waals surface area contributed by atoms with Crippen molar-refractivity contribution in [3.05, 3.63) is 64.0 Å². The summed E-state index contributed by atoms with van der Waals surface area (Å²) in [5.74, 6) is -1.08. The van der Waals surface area contributed by atoms with Gasteiger partial charge in [-0.3, -0.25) is 14.9 Å². The Morgan fingerprint density at radius 3 is 2.44 bits per heavy atom. The lowest BCUT2D eigenvalue weighted by Gasteiger charge is -2.35. The fraction of sp³-hybridized carbons (Fsp3) is 0.235. The van der Waals surface area contributed by atoms with Gasteiger partial charge in [-0.05, 0) is 30.3 Å². The van der Waals surface area contributed by atoms with Gasteiger partial charge in [-0.25, -0.2) is 0 Å². The second kappa shape index (κ2) is 6.76. The Morgan fingerprint density at radius 1 is 1.12 bits per heavy atom. The van der Waals surface area contributed by atoms with E-state index < -0.39 is 16.4 Å². The van der Waals surface area contributed by atoms with Crippen molar-refractivity contribution in [3.8, 4) is 5.75 Å². The van der Waals surface area contributed by atoms with Crippen molar-refractivity contribution < 1.29 is 19.2 Å². The van der Waals surface area contributed by atoms with Crippen LogP contribution in [0.2, 0.25) is 0 Å². The summed E-state index contributed by atoms with van der Waals surface area (Å²) in [7, 11) is 0. The number of amides is 1. The van der Waals surface area contributed by atoms with Gasteiger partial charge in [0, 0.05) is 31.7 Å². The van der Waals surface area contributed by atoms with Crippen molar-refractivity contribution in [2.75, 3.05) is 31.1 Å². The summed E-state index contributed by atoms with van der Waals surface area (Å²) in [4.78, 5) is 26.2. The molecule has 130 valence electrons. The molecule has 1 fully saturated rings. The minimum absolute atomic E-state index is 0.0138. The van der Waals surface area contributed by atoms with Crippen LogP contribution in [-0.2, 0) is 0 Å². The Hall–Kier alpha value is -3.16. The third kappa shape index (κ3) is 3.37. The van der Waals surface area contributed by atoms with Gasteiger partial charge < -0.3 is 14.9 Å². The molecule has 3 rings (SSSR count). The summed E-state index contributed by atoms with van der Waals surface area (Å²) >= 11 is 0. The number of carbonyl (C=O) groups excluding carboxylic acids is 1. The molecule has 0 spiro atoms. The zero-order valence-electron chi connectivity index (χ0n) is 13.3. The van der Waals surface area contributed by atoms with E-state index in [2.05, 4.69) is 0 Å². The SMILES string of the molecule is O=C(c1cccc(O)c1)N1CCN(c2cccc(F)c2[N+](=O)[O-])CC1. The molecule has 0 aromatic heterocycles. The van der Waals surface area contributed by atoms with E-state index in [0.29, 0.717) is 31.7 Å². The first-order chi connectivity index (χ1) is 12.0. The van der Waals surface area contributed by atoms with Crippen LogP contribution in [0.4, 0.5) is 15.8 Å². The van der Waals surface area contributed by atoms with E-state index >= 15 is 0 Å². The van der Waals surface area contributed by atoms with Gasteiger partial charge in [-0.1, -0.05) is 12.1 Å². The Balaban J connectivity index is 1.74. The number of anilines is 1. The van der Waals surface area contributed by atoms with Gasteiger partial charge in [-0.15, -0.1) is 0 Å². The summed E-state index contributed by atoms with van der Waals surface area (Å²) in [6.07, 6.45) is 0. The molecule has 0 unspecified atom stereocenters. The molecule has 0 aliphatic carbocycles. The second-order valence-corrected chi connectivity index (χ2v) is 5.69. The number of hydrogen-bond donors (Lipinski definition) is 1. The number of halogens is 1. The monoisotopic (exact) mass is 345 g/mol. The number of piperazine rings is 1. The summed E-state index contributed by atoms with van der Waals surface area (Å²) in [6.45, 7) is 1.41. The number of nitro groups is 1. The maximum atomic E-state index is 13.8. The van der Waals surface area contributed by atoms with Gasteiger partial charge in [0.1, 0.15) is 11.4 Å². The van der Waals surface area contributed by atoms with E-state index in [1.165, 1.54) is 24.3 Å². The minimum atomic E-state index is -0.874. The highest BCUT2D eigenvalue weighted by molar-refractivity contribution is 5.94. The van der Waals surface area contributed by atoms with Crippen molar-refractivity contribution in [2.45, 2.75) is 0 Å². The molecular formula is C17H16FN3O4. The van der Waals surface area contributed by atoms with Crippen molar-refractivity contribution in [1.82, 2.24) is 4.90 Å². The first-order valence-corrected chi connectivity index (χ1v) is 7.73. The summed E-state index contributed by atoms with van der Waals surface area (Å²) in [5, 5.41) is 20.6. The number of hydrogen-bond acceptors (Lipinski definition) is 5. The van der Waals surface area contributed by atoms with E-state index in [-0.39, 0.29) is 17.3 Å². The molecular weight excluding hydrogens is 329 g/mol. The van der Waals surface area contributed by atoms with Crippen LogP contribution < -0.4 is 4.90 Å². The maximum absolute atomic E-state index is 13.8. The predicted molar refractivity (Wildman–Crippen MR) is 89.3 cm³/mol. The number of benzene rings is 2. The second-order valence-electron chi connectivity index (χ2n) is 5.69. The zero-order chi connectivity index (χ0) is 18.0. The molecule has 1 aliphatic rings. The molecule has 0 radical (unpaired) electrons. The molecule has 2 aromatic carbocycles. The number of carbonyl (C=O) groups is 1. The molecule has 25 heavy (non-hydrogen) atoms. The predicted octanol–water partition coefficient (Wildman–Crippen LogP) is 2.40. The van der Waals surface area contributed by atoms with Gasteiger partial charge in [0.05, 0.1) is 4.92 Å². The molecule has 0 saturated carbocycles. The molecule has 1 aliphatic heterocycles. The molecule has 0 atom stereocenters. The van der Waals surface area contributed by atoms with Crippen LogP contribution in [-0.4, -0.2) is 47.0 Å². The van der Waals surface area contributed by atoms with Crippen LogP contribution in [0, 0.1) is 15.9 Å². The number of nitrogens with zero attached hydrogens (tertiary/aromatic N) is 3. The lowest BCUT2D eigenvalue weighted by Crippen LogP contribution is -2.49. The van der Waals surface area contributed by atoms with Crippen molar-refractivity contribution in [2.24, 2.45) is 0 Å². The van der Waals surface area contributed by atoms with Crippen molar-refractivity contribution >= 4 is 17.3 Å². The van der Waals surface area contributed by atoms with Crippen LogP contribution in [0.3, 0.4) is 0 Å². The van der Waals surface area contributed by atoms with Crippen molar-refractivity contribution in [3.63, 3.8) is 0 Å². The standard InChI is InChI=1S/C17H16FN3O4/c18-14-5-2-6-15(16(14)21(24)25)19-7-9-20(10-8-19)17(23)12-3-1-4-13(22)11-12/h1-6,11,22H,7-10H2. The molecule has 1 N–H and O–H groups in total. The normalized spacial score (nSPS) is 14.4. The van der Waals surface area contributed by atoms with Gasteiger partial charge >= 0.3 is 5.69 Å². The van der Waals surface area contributed by atoms with E-state index in [0.717, 1.165) is 6.07 Å². The number of aromatic hydroxyl groups is 1. The van der Waals surface area contributed by atoms with Gasteiger partial charge in [-0.2, -0.15) is 4.39 Å². The average molecular weight is 345 g/mol. The van der Waals surface area contributed by atoms with Crippen LogP contribution in [0.25, 0.3) is 0 Å². The van der Waals surface area contributed by atoms with Crippen molar-refractivity contribution in [1.29, 1.82) is 0 Å². The average Bonchev–Trinajstić information content (AvgIpc) is 2.60. The fourth-order valence-electron chi connectivity index (χ4n) is 2.91. The maximum Gasteiger partial charge on any atom is 0.327 e. The lowest BCUT2D eigenvalue weighted by molar-refractivity contribution is -0.386. The smallest absolute Gasteiger partial charge is 0.327 e. The Bertz CT molecular complexity index is 819. The quantitative estimate of drug-likeness (QED) is 0.682. The number of nitro benzene ring substituents is 1. The lowest BCUT2D eigenvalue weighted by atomic mass is 10.1. The van der Waals surface area contributed by atoms with E-state index in [1.54, 1.807) is 21.9 Å². The van der Waals surface area contributed by atoms with Gasteiger partial charge in [0.15, 0.2) is 0 Å². The Labute approximate surface area is 143 Å². The highest BCUT2D eigenvalue weighted by atomic mass is 19.1. The first kappa shape index (κ1) is 16.7. The van der Waals surface area contributed by atoms with Gasteiger partial charge in [0.25, 0.3) is 5.91 Å². The molecule has 7 nitrogen and oxygen atoms in total. The van der Waals surface area contributed by atoms with Crippen LogP contribution >= 0.6 is 0 Å². The number of para-hydroxylation sites is 1. The molecule has 1 heterocycles. The first-order valence-electron chi connectivity index (χ1n) is 7.73. The Kier molecular flexibility index (Phi) is 4.51. The summed E-state index contributed by atoms with van der Waals surface area (Å²) < 4.78 is 13.8. The topological polar surface area (TPSA) is 86.9 Å². The number of rotatable bonds is 3. The third-order valence-electron chi connectivity index (χ3n) is 4.15. The summed E-state index contributed by atoms with van der Waals surface area (Å²) in [5.41, 5.74) is 0.0508. The molecule has 2 aromatic rings. The molecule has 8 heteroatoms. The number of phenolic OH excluding ortho intramolecular Hbond substituents is 1. The van der Waals surface area contributed by atoms with Crippen LogP contribution in [0.15, 0.2) is 42.5 Å². The Morgan fingerprint density at radius 2 is 1.80 bits per heavy atom. The highest BCUT2D eigenvalue weighted by Crippen LogP contribution is 2.31. The molecule has 0 bridgehead atoms. The number of phenols is 1. The molecule has 1 saturated heterocycles. The van der Waals surface area contributed by atoms with E-state index in [1.807, 2.05) is 0 Å². The zero-order valence-corrected chi connectivity index (χ0v) is 13.3. The fourth-order valence-corrected chi connectivity index (χ4v) is 2.91. The minimum Gasteiger partial charge on any atom is -0.508 e. The van der Waals surface area contributed by atoms with E-state index in [9.17, 15) is 24.4 Å². The largest absolute Gasteiger partial charge is 0.508 e. The summed E-state index contributed by atoms with van der Waals surface area (Å²) in [6, 6.07) is 10.1. The third-order valence-corrected chi connectivity index (χ3v) is 4.15.